The molecule has 18 heteroatoms. The van der Waals surface area contributed by atoms with Crippen LogP contribution in [-0.4, -0.2) is 91.3 Å². The van der Waals surface area contributed by atoms with E-state index in [2.05, 4.69) is 57.6 Å². The van der Waals surface area contributed by atoms with Crippen LogP contribution >= 0.6 is 23.2 Å². The number of aliphatic imine (C=N–C) groups is 1. The molecule has 1 saturated heterocycles. The summed E-state index contributed by atoms with van der Waals surface area (Å²) in [7, 11) is 2.01. The summed E-state index contributed by atoms with van der Waals surface area (Å²) < 4.78 is 5.04. The number of carbonyl (C=O) groups is 6. The van der Waals surface area contributed by atoms with Gasteiger partial charge >= 0.3 is 6.09 Å². The van der Waals surface area contributed by atoms with E-state index in [1.807, 2.05) is 82.4 Å². The number of imide groups is 1. The molecule has 16 nitrogen and oxygen atoms in total. The molecule has 1 unspecified atom stereocenters. The van der Waals surface area contributed by atoms with Gasteiger partial charge in [-0.1, -0.05) is 160 Å². The molecule has 1 aromatic heterocycles. The molecular formula is C68H88Cl2N8O8. The lowest BCUT2D eigenvalue weighted by Crippen LogP contribution is -2.55. The monoisotopic (exact) mass is 1210 g/mol. The quantitative estimate of drug-likeness (QED) is 0.0331. The minimum absolute atomic E-state index is 0.139. The number of hydrogen-bond donors (Lipinski definition) is 3. The highest BCUT2D eigenvalue weighted by atomic mass is 35.5. The van der Waals surface area contributed by atoms with Crippen LogP contribution in [0.1, 0.15) is 161 Å². The highest BCUT2D eigenvalue weighted by molar-refractivity contribution is 6.68. The van der Waals surface area contributed by atoms with Gasteiger partial charge in [0.05, 0.1) is 27.1 Å². The maximum absolute atomic E-state index is 13.1. The molecule has 0 spiro atoms. The second kappa shape index (κ2) is 30.8. The topological polar surface area (TPSA) is 205 Å². The lowest BCUT2D eigenvalue weighted by molar-refractivity contribution is -0.145. The van der Waals surface area contributed by atoms with Crippen LogP contribution in [0.3, 0.4) is 0 Å². The average molecular weight is 1220 g/mol. The van der Waals surface area contributed by atoms with Crippen molar-refractivity contribution >= 4 is 98.1 Å². The number of Topliss-reactive ketones (excluding diaryl/α,β-unsaturated/α-hetero) is 2. The number of cyclic esters (lactones) is 1. The Kier molecular flexibility index (Phi) is 24.8. The highest BCUT2D eigenvalue weighted by Gasteiger charge is 2.55. The van der Waals surface area contributed by atoms with Crippen LogP contribution in [-0.2, 0) is 35.1 Å². The van der Waals surface area contributed by atoms with Crippen molar-refractivity contribution in [2.24, 2.45) is 15.8 Å². The van der Waals surface area contributed by atoms with Crippen LogP contribution in [0.2, 0.25) is 10.0 Å². The van der Waals surface area contributed by atoms with Gasteiger partial charge in [0.15, 0.2) is 28.9 Å². The van der Waals surface area contributed by atoms with Gasteiger partial charge in [-0.25, -0.2) is 14.7 Å². The second-order valence-electron chi connectivity index (χ2n) is 24.7. The zero-order valence-electron chi connectivity index (χ0n) is 53.0. The SMILES string of the molecule is CCCCCCCCCCCCc1cc(C)cc(-n2nc3ccccc3n2)c1O.CCN(C)c1ccc(N=C(C(=O)Nc2cc(C)ccc2Cl)C(=O)C(C)(C)C)c(C)c1.Cc1ccc(Cl)c(NC(=O)C(C(=O)C(C)(C)C)N2C(=O)OC(C)(C)C2=O)c1. The van der Waals surface area contributed by atoms with E-state index in [0.29, 0.717) is 32.7 Å². The second-order valence-corrected chi connectivity index (χ2v) is 25.5. The van der Waals surface area contributed by atoms with Crippen LogP contribution in [0.25, 0.3) is 16.7 Å². The molecule has 1 aliphatic heterocycles. The summed E-state index contributed by atoms with van der Waals surface area (Å²) >= 11 is 12.3. The number of fused-ring (bicyclic) bond motifs is 1. The Balaban J connectivity index is 0.000000236. The molecule has 86 heavy (non-hydrogen) atoms. The van der Waals surface area contributed by atoms with Crippen LogP contribution in [0.5, 0.6) is 5.75 Å². The van der Waals surface area contributed by atoms with E-state index in [4.69, 9.17) is 27.9 Å². The molecule has 1 aliphatic rings. The summed E-state index contributed by atoms with van der Waals surface area (Å²) in [4.78, 5) is 85.7. The molecule has 1 fully saturated rings. The molecule has 1 atom stereocenters. The minimum atomic E-state index is -1.66. The number of amides is 4. The predicted molar refractivity (Wildman–Crippen MR) is 348 cm³/mol. The molecule has 2 heterocycles. The number of aryl methyl sites for hydroxylation is 5. The first-order valence-electron chi connectivity index (χ1n) is 29.7. The Bertz CT molecular complexity index is 3400. The van der Waals surface area contributed by atoms with E-state index in [1.54, 1.807) is 76.7 Å². The normalized spacial score (nSPS) is 13.5. The van der Waals surface area contributed by atoms with Gasteiger partial charge in [-0.15, -0.1) is 15.0 Å². The van der Waals surface area contributed by atoms with Gasteiger partial charge in [0, 0.05) is 30.1 Å². The number of phenolic OH excluding ortho intramolecular Hbond substituents is 1. The fourth-order valence-corrected chi connectivity index (χ4v) is 9.66. The van der Waals surface area contributed by atoms with E-state index >= 15 is 0 Å². The number of ether oxygens (including phenoxy) is 1. The number of carbonyl (C=O) groups excluding carboxylic acids is 6. The largest absolute Gasteiger partial charge is 0.505 e. The number of rotatable bonds is 22. The number of nitrogens with one attached hydrogen (secondary N) is 2. The van der Waals surface area contributed by atoms with Crippen molar-refractivity contribution in [3.8, 4) is 11.4 Å². The Hall–Kier alpha value is -7.43. The third-order valence-corrected chi connectivity index (χ3v) is 15.2. The van der Waals surface area contributed by atoms with Gasteiger partial charge in [-0.3, -0.25) is 24.0 Å². The number of nitrogens with zero attached hydrogens (tertiary/aromatic N) is 6. The van der Waals surface area contributed by atoms with Crippen LogP contribution < -0.4 is 15.5 Å². The Labute approximate surface area is 518 Å². The molecule has 5 aromatic carbocycles. The molecule has 6 aromatic rings. The highest BCUT2D eigenvalue weighted by Crippen LogP contribution is 2.33. The maximum Gasteiger partial charge on any atom is 0.418 e. The Morgan fingerprint density at radius 3 is 1.72 bits per heavy atom. The summed E-state index contributed by atoms with van der Waals surface area (Å²) in [5.41, 5.74) is 6.18. The number of unbranched alkanes of at least 4 members (excludes halogenated alkanes) is 9. The lowest BCUT2D eigenvalue weighted by Gasteiger charge is -2.28. The van der Waals surface area contributed by atoms with E-state index in [1.165, 1.54) is 71.6 Å². The van der Waals surface area contributed by atoms with Crippen molar-refractivity contribution in [3.05, 3.63) is 129 Å². The first-order chi connectivity index (χ1) is 40.4. The number of aromatic hydroxyl groups is 1. The van der Waals surface area contributed by atoms with Crippen molar-refractivity contribution in [3.63, 3.8) is 0 Å². The first-order valence-corrected chi connectivity index (χ1v) is 30.5. The summed E-state index contributed by atoms with van der Waals surface area (Å²) in [5, 5.41) is 25.9. The zero-order valence-corrected chi connectivity index (χ0v) is 54.5. The summed E-state index contributed by atoms with van der Waals surface area (Å²) in [6, 6.07) is 26.3. The predicted octanol–water partition coefficient (Wildman–Crippen LogP) is 16.0. The van der Waals surface area contributed by atoms with Gasteiger partial charge in [0.2, 0.25) is 0 Å². The third kappa shape index (κ3) is 19.0. The molecule has 7 rings (SSSR count). The fraction of sp³-hybridized carbons (Fsp3) is 0.456. The van der Waals surface area contributed by atoms with Gasteiger partial charge in [-0.05, 0) is 150 Å². The number of phenols is 1. The maximum atomic E-state index is 13.1. The summed E-state index contributed by atoms with van der Waals surface area (Å²) in [6.45, 7) is 25.8. The van der Waals surface area contributed by atoms with Crippen molar-refractivity contribution in [1.29, 1.82) is 0 Å². The Morgan fingerprint density at radius 1 is 0.698 bits per heavy atom. The minimum Gasteiger partial charge on any atom is -0.505 e. The third-order valence-electron chi connectivity index (χ3n) is 14.6. The van der Waals surface area contributed by atoms with Gasteiger partial charge in [0.1, 0.15) is 22.5 Å². The molecule has 4 amide bonds. The number of ketones is 2. The van der Waals surface area contributed by atoms with Crippen LogP contribution in [0.15, 0.2) is 96.0 Å². The smallest absolute Gasteiger partial charge is 0.418 e. The van der Waals surface area contributed by atoms with Crippen LogP contribution in [0.4, 0.5) is 27.5 Å². The molecule has 462 valence electrons. The molecule has 0 radical (unpaired) electrons. The Morgan fingerprint density at radius 2 is 1.23 bits per heavy atom. The average Bonchev–Trinajstić information content (AvgIpc) is 1.79. The number of aromatic nitrogens is 3. The number of halogens is 2. The van der Waals surface area contributed by atoms with Crippen LogP contribution in [0, 0.1) is 38.5 Å². The van der Waals surface area contributed by atoms with E-state index < -0.39 is 52.1 Å². The van der Waals surface area contributed by atoms with E-state index in [9.17, 15) is 33.9 Å². The van der Waals surface area contributed by atoms with Gasteiger partial charge < -0.3 is 25.4 Å². The lowest BCUT2D eigenvalue weighted by atomic mass is 9.85. The van der Waals surface area contributed by atoms with E-state index in [-0.39, 0.29) is 22.2 Å². The van der Waals surface area contributed by atoms with Gasteiger partial charge in [0.25, 0.3) is 17.7 Å². The molecule has 0 aliphatic carbocycles. The van der Waals surface area contributed by atoms with Crippen molar-refractivity contribution in [2.45, 2.75) is 179 Å². The molecule has 0 bridgehead atoms. The van der Waals surface area contributed by atoms with Crippen molar-refractivity contribution < 1.29 is 38.6 Å². The van der Waals surface area contributed by atoms with Crippen molar-refractivity contribution in [1.82, 2.24) is 19.9 Å². The first kappa shape index (κ1) is 69.3. The molecule has 3 N–H and O–H groups in total. The molecular weight excluding hydrogens is 1130 g/mol. The number of hydrogen-bond acceptors (Lipinski definition) is 12. The summed E-state index contributed by atoms with van der Waals surface area (Å²) in [5.74, 6) is -2.76. The number of benzene rings is 5. The van der Waals surface area contributed by atoms with E-state index in [0.717, 1.165) is 63.9 Å². The number of anilines is 3. The fourth-order valence-electron chi connectivity index (χ4n) is 9.34. The van der Waals surface area contributed by atoms with Crippen molar-refractivity contribution in [2.75, 3.05) is 29.1 Å². The molecule has 0 saturated carbocycles. The van der Waals surface area contributed by atoms with Gasteiger partial charge in [-0.2, -0.15) is 0 Å². The summed E-state index contributed by atoms with van der Waals surface area (Å²) in [6.07, 6.45) is 13.1. The standard InChI is InChI=1S/C25H35N3O.C24H30ClN3O2.C19H23ClN2O5/c1-3-4-5-6-7-8-9-10-11-12-15-21-18-20(2)19-24(25(21)29)28-26-22-16-13-14-17-23(22)27-28;1-8-28(7)17-10-12-19(16(3)14-17)26-21(22(29)24(4,5)6)23(30)27-20-13-15(2)9-11-18(20)25;1-10-7-8-11(20)12(9-10)21-15(24)13(14(23)18(2,3)4)22-16(25)19(5,6)27-17(22)26/h13-14,16-19,29H,3-12,15H2,1-2H3;9-14H,8H2,1-7H3,(H,27,30);7-9,13H,1-6H3,(H,21,24). The zero-order chi connectivity index (χ0) is 63.8.